The molecule has 1 fully saturated rings. The molecule has 1 aliphatic rings. The highest BCUT2D eigenvalue weighted by atomic mass is 79.9. The van der Waals surface area contributed by atoms with Crippen molar-refractivity contribution in [2.75, 3.05) is 0 Å². The zero-order valence-corrected chi connectivity index (χ0v) is 8.27. The lowest BCUT2D eigenvalue weighted by atomic mass is 10.1. The Kier molecular flexibility index (Phi) is 1.73. The molecule has 2 heteroatoms. The van der Waals surface area contributed by atoms with Crippen LogP contribution in [0.5, 0.6) is 0 Å². The second kappa shape index (κ2) is 2.49. The minimum atomic E-state index is -0.144. The van der Waals surface area contributed by atoms with Gasteiger partial charge in [0.05, 0.1) is 0 Å². The maximum absolute atomic E-state index is 6.06. The van der Waals surface area contributed by atoms with Gasteiger partial charge in [0.25, 0.3) is 0 Å². The Morgan fingerprint density at radius 2 is 1.91 bits per heavy atom. The molecule has 0 N–H and O–H groups in total. The molecule has 0 bridgehead atoms. The molecule has 2 rings (SSSR count). The minimum absolute atomic E-state index is 0.144. The molecule has 0 radical (unpaired) electrons. The molecule has 11 heavy (non-hydrogen) atoms. The normalized spacial score (nSPS) is 35.3. The first-order valence-corrected chi connectivity index (χ1v) is 4.80. The van der Waals surface area contributed by atoms with Crippen LogP contribution < -0.4 is 0 Å². The van der Waals surface area contributed by atoms with E-state index < -0.39 is 0 Å². The number of hydrogen-bond donors (Lipinski definition) is 0. The second-order valence-corrected chi connectivity index (χ2v) is 5.47. The molecule has 0 saturated heterocycles. The van der Waals surface area contributed by atoms with Gasteiger partial charge in [-0.3, -0.25) is 0 Å². The van der Waals surface area contributed by atoms with Crippen LogP contribution in [-0.2, 0) is 0 Å². The van der Waals surface area contributed by atoms with Crippen LogP contribution in [0, 0.1) is 0 Å². The molecule has 0 spiro atoms. The minimum Gasteiger partial charge on any atom is -0.106 e. The van der Waals surface area contributed by atoms with E-state index in [4.69, 9.17) is 11.6 Å². The average Bonchev–Trinajstić information content (AvgIpc) is 2.62. The van der Waals surface area contributed by atoms with Crippen LogP contribution in [0.25, 0.3) is 0 Å². The van der Waals surface area contributed by atoms with E-state index in [-0.39, 0.29) is 3.78 Å². The molecule has 2 atom stereocenters. The van der Waals surface area contributed by atoms with Gasteiger partial charge in [-0.2, -0.15) is 0 Å². The molecule has 1 aliphatic carbocycles. The van der Waals surface area contributed by atoms with Gasteiger partial charge in [0.15, 0.2) is 0 Å². The smallest absolute Gasteiger partial charge is 0.106 e. The third-order valence-electron chi connectivity index (χ3n) is 2.03. The molecule has 1 aromatic carbocycles. The Morgan fingerprint density at radius 3 is 2.36 bits per heavy atom. The largest absolute Gasteiger partial charge is 0.107 e. The third-order valence-corrected chi connectivity index (χ3v) is 3.32. The Hall–Kier alpha value is -0.0100. The topological polar surface area (TPSA) is 0 Å². The van der Waals surface area contributed by atoms with Crippen molar-refractivity contribution in [2.24, 2.45) is 0 Å². The zero-order valence-electron chi connectivity index (χ0n) is 5.93. The number of benzene rings is 1. The van der Waals surface area contributed by atoms with Crippen molar-refractivity contribution in [3.05, 3.63) is 35.9 Å². The van der Waals surface area contributed by atoms with Gasteiger partial charge in [0, 0.05) is 5.92 Å². The summed E-state index contributed by atoms with van der Waals surface area (Å²) in [7, 11) is 0. The summed E-state index contributed by atoms with van der Waals surface area (Å²) in [6.45, 7) is 0. The summed E-state index contributed by atoms with van der Waals surface area (Å²) >= 11 is 9.51. The van der Waals surface area contributed by atoms with Crippen LogP contribution in [0.1, 0.15) is 17.9 Å². The van der Waals surface area contributed by atoms with Gasteiger partial charge >= 0.3 is 0 Å². The van der Waals surface area contributed by atoms with E-state index in [1.165, 1.54) is 5.56 Å². The predicted molar refractivity (Wildman–Crippen MR) is 51.3 cm³/mol. The fourth-order valence-corrected chi connectivity index (χ4v) is 2.13. The highest BCUT2D eigenvalue weighted by Crippen LogP contribution is 2.60. The Bertz CT molecular complexity index is 256. The van der Waals surface area contributed by atoms with E-state index in [1.54, 1.807) is 0 Å². The third kappa shape index (κ3) is 1.45. The molecule has 0 nitrogen and oxygen atoms in total. The SMILES string of the molecule is ClC1(Br)C[C@@H]1c1ccccc1. The molecule has 0 heterocycles. The molecule has 0 amide bonds. The summed E-state index contributed by atoms with van der Waals surface area (Å²) in [4.78, 5) is 0. The van der Waals surface area contributed by atoms with E-state index >= 15 is 0 Å². The van der Waals surface area contributed by atoms with Crippen LogP contribution in [0.15, 0.2) is 30.3 Å². The van der Waals surface area contributed by atoms with Crippen LogP contribution in [-0.4, -0.2) is 3.78 Å². The fraction of sp³-hybridized carbons (Fsp3) is 0.333. The second-order valence-electron chi connectivity index (χ2n) is 2.93. The lowest BCUT2D eigenvalue weighted by molar-refractivity contribution is 1.12. The van der Waals surface area contributed by atoms with E-state index in [0.717, 1.165) is 6.42 Å². The van der Waals surface area contributed by atoms with Gasteiger partial charge < -0.3 is 0 Å². The summed E-state index contributed by atoms with van der Waals surface area (Å²) in [5.41, 5.74) is 1.33. The first-order chi connectivity index (χ1) is 5.20. The summed E-state index contributed by atoms with van der Waals surface area (Å²) in [5.74, 6) is 0.505. The summed E-state index contributed by atoms with van der Waals surface area (Å²) in [6.07, 6.45) is 1.04. The highest BCUT2D eigenvalue weighted by molar-refractivity contribution is 9.10. The average molecular weight is 232 g/mol. The molecular weight excluding hydrogens is 223 g/mol. The number of hydrogen-bond acceptors (Lipinski definition) is 0. The summed E-state index contributed by atoms with van der Waals surface area (Å²) in [6, 6.07) is 10.4. The van der Waals surface area contributed by atoms with Gasteiger partial charge in [0.1, 0.15) is 3.78 Å². The van der Waals surface area contributed by atoms with Gasteiger partial charge in [-0.25, -0.2) is 0 Å². The number of rotatable bonds is 1. The molecule has 0 aliphatic heterocycles. The molecule has 58 valence electrons. The first-order valence-electron chi connectivity index (χ1n) is 3.63. The summed E-state index contributed by atoms with van der Waals surface area (Å²) in [5, 5.41) is 0. The molecular formula is C9H8BrCl. The van der Waals surface area contributed by atoms with Crippen molar-refractivity contribution >= 4 is 27.5 Å². The monoisotopic (exact) mass is 230 g/mol. The van der Waals surface area contributed by atoms with Crippen molar-refractivity contribution in [1.29, 1.82) is 0 Å². The Labute approximate surface area is 79.7 Å². The fourth-order valence-electron chi connectivity index (χ4n) is 1.26. The van der Waals surface area contributed by atoms with E-state index in [9.17, 15) is 0 Å². The molecule has 0 aromatic heterocycles. The van der Waals surface area contributed by atoms with E-state index in [1.807, 2.05) is 18.2 Å². The zero-order chi connectivity index (χ0) is 7.90. The lowest BCUT2D eigenvalue weighted by Gasteiger charge is -1.98. The molecule has 1 unspecified atom stereocenters. The number of alkyl halides is 2. The van der Waals surface area contributed by atoms with Gasteiger partial charge in [-0.05, 0) is 12.0 Å². The molecule has 1 aromatic rings. The maximum Gasteiger partial charge on any atom is 0.107 e. The van der Waals surface area contributed by atoms with Crippen molar-refractivity contribution in [2.45, 2.75) is 16.1 Å². The van der Waals surface area contributed by atoms with Crippen molar-refractivity contribution < 1.29 is 0 Å². The van der Waals surface area contributed by atoms with Crippen molar-refractivity contribution in [3.8, 4) is 0 Å². The van der Waals surface area contributed by atoms with Gasteiger partial charge in [-0.1, -0.05) is 46.3 Å². The van der Waals surface area contributed by atoms with E-state index in [2.05, 4.69) is 28.1 Å². The quantitative estimate of drug-likeness (QED) is 0.649. The first kappa shape index (κ1) is 7.63. The van der Waals surface area contributed by atoms with Crippen molar-refractivity contribution in [1.82, 2.24) is 0 Å². The Balaban J connectivity index is 2.21. The van der Waals surface area contributed by atoms with Gasteiger partial charge in [0.2, 0.25) is 0 Å². The van der Waals surface area contributed by atoms with Crippen molar-refractivity contribution in [3.63, 3.8) is 0 Å². The predicted octanol–water partition coefficient (Wildman–Crippen LogP) is 3.50. The van der Waals surface area contributed by atoms with Crippen LogP contribution in [0.2, 0.25) is 0 Å². The number of halogens is 2. The van der Waals surface area contributed by atoms with Gasteiger partial charge in [-0.15, -0.1) is 11.6 Å². The molecule has 1 saturated carbocycles. The standard InChI is InChI=1S/C9H8BrCl/c10-9(11)6-8(9)7-4-2-1-3-5-7/h1-5,8H,6H2/t8-,9?/m1/s1. The summed E-state index contributed by atoms with van der Waals surface area (Å²) < 4.78 is -0.144. The van der Waals surface area contributed by atoms with Crippen LogP contribution in [0.3, 0.4) is 0 Å². The lowest BCUT2D eigenvalue weighted by Crippen LogP contribution is -1.87. The van der Waals surface area contributed by atoms with E-state index in [0.29, 0.717) is 5.92 Å². The maximum atomic E-state index is 6.06. The Morgan fingerprint density at radius 1 is 1.36 bits per heavy atom. The van der Waals surface area contributed by atoms with Crippen LogP contribution >= 0.6 is 27.5 Å². The van der Waals surface area contributed by atoms with Crippen LogP contribution in [0.4, 0.5) is 0 Å². The highest BCUT2D eigenvalue weighted by Gasteiger charge is 2.51.